The first-order valence-corrected chi connectivity index (χ1v) is 4.36. The van der Waals surface area contributed by atoms with E-state index >= 15 is 0 Å². The highest BCUT2D eigenvalue weighted by Crippen LogP contribution is 2.25. The summed E-state index contributed by atoms with van der Waals surface area (Å²) in [6.07, 6.45) is 11.9. The molecular formula is C11H12N2. The van der Waals surface area contributed by atoms with Gasteiger partial charge in [-0.3, -0.25) is 0 Å². The third-order valence-corrected chi connectivity index (χ3v) is 2.14. The Morgan fingerprint density at radius 3 is 2.77 bits per heavy atom. The van der Waals surface area contributed by atoms with Crippen molar-refractivity contribution in [2.75, 3.05) is 0 Å². The molecule has 0 saturated carbocycles. The summed E-state index contributed by atoms with van der Waals surface area (Å²) in [5.74, 6) is 0. The minimum Gasteiger partial charge on any atom is -0.244 e. The fourth-order valence-electron chi connectivity index (χ4n) is 1.27. The lowest BCUT2D eigenvalue weighted by Gasteiger charge is -2.11. The van der Waals surface area contributed by atoms with E-state index in [-0.39, 0.29) is 5.41 Å². The van der Waals surface area contributed by atoms with Gasteiger partial charge in [-0.2, -0.15) is 0 Å². The second-order valence-electron chi connectivity index (χ2n) is 3.85. The van der Waals surface area contributed by atoms with Crippen molar-refractivity contribution in [3.8, 4) is 0 Å². The van der Waals surface area contributed by atoms with Gasteiger partial charge < -0.3 is 0 Å². The zero-order valence-corrected chi connectivity index (χ0v) is 7.86. The molecule has 0 fully saturated rings. The van der Waals surface area contributed by atoms with Crippen LogP contribution in [0.3, 0.4) is 0 Å². The van der Waals surface area contributed by atoms with E-state index in [1.807, 2.05) is 6.20 Å². The molecule has 2 rings (SSSR count). The van der Waals surface area contributed by atoms with Crippen LogP contribution in [0.25, 0.3) is 12.2 Å². The van der Waals surface area contributed by atoms with Gasteiger partial charge in [-0.25, -0.2) is 9.97 Å². The van der Waals surface area contributed by atoms with Crippen molar-refractivity contribution in [1.29, 1.82) is 0 Å². The highest BCUT2D eigenvalue weighted by atomic mass is 14.8. The quantitative estimate of drug-likeness (QED) is 0.601. The Morgan fingerprint density at radius 1 is 1.15 bits per heavy atom. The molecule has 2 nitrogen and oxygen atoms in total. The molecule has 1 heterocycles. The summed E-state index contributed by atoms with van der Waals surface area (Å²) < 4.78 is 0. The second-order valence-corrected chi connectivity index (χ2v) is 3.85. The first kappa shape index (κ1) is 8.17. The number of rotatable bonds is 0. The number of fused-ring (bicyclic) bond motifs is 1. The van der Waals surface area contributed by atoms with E-state index < -0.39 is 0 Å². The highest BCUT2D eigenvalue weighted by molar-refractivity contribution is 5.65. The standard InChI is InChI=1S/C11H12N2/c1-11(2)5-3-9-7-12-8-13-10(9)4-6-11/h3-8H,1-2H3. The van der Waals surface area contributed by atoms with E-state index in [0.29, 0.717) is 0 Å². The van der Waals surface area contributed by atoms with E-state index in [0.717, 1.165) is 11.3 Å². The zero-order chi connectivity index (χ0) is 9.31. The van der Waals surface area contributed by atoms with Gasteiger partial charge in [0.25, 0.3) is 0 Å². The average Bonchev–Trinajstić information content (AvgIpc) is 2.27. The average molecular weight is 172 g/mol. The molecule has 1 aromatic rings. The molecule has 0 spiro atoms. The van der Waals surface area contributed by atoms with Crippen molar-refractivity contribution in [2.24, 2.45) is 5.41 Å². The van der Waals surface area contributed by atoms with E-state index in [2.05, 4.69) is 48.1 Å². The maximum Gasteiger partial charge on any atom is 0.116 e. The van der Waals surface area contributed by atoms with Crippen molar-refractivity contribution in [3.63, 3.8) is 0 Å². The van der Waals surface area contributed by atoms with Crippen LogP contribution in [-0.4, -0.2) is 9.97 Å². The molecule has 66 valence electrons. The zero-order valence-electron chi connectivity index (χ0n) is 7.86. The molecule has 0 amide bonds. The largest absolute Gasteiger partial charge is 0.244 e. The summed E-state index contributed by atoms with van der Waals surface area (Å²) in [4.78, 5) is 8.19. The molecule has 13 heavy (non-hydrogen) atoms. The van der Waals surface area contributed by atoms with Crippen LogP contribution >= 0.6 is 0 Å². The molecule has 0 aromatic carbocycles. The summed E-state index contributed by atoms with van der Waals surface area (Å²) in [6, 6.07) is 0. The van der Waals surface area contributed by atoms with Gasteiger partial charge in [0.2, 0.25) is 0 Å². The Kier molecular flexibility index (Phi) is 1.76. The van der Waals surface area contributed by atoms with Gasteiger partial charge in [0.1, 0.15) is 6.33 Å². The lowest BCUT2D eigenvalue weighted by atomic mass is 9.93. The third kappa shape index (κ3) is 1.66. The number of nitrogens with zero attached hydrogens (tertiary/aromatic N) is 2. The second kappa shape index (κ2) is 2.80. The van der Waals surface area contributed by atoms with Crippen molar-refractivity contribution in [3.05, 3.63) is 35.9 Å². The van der Waals surface area contributed by atoms with E-state index in [1.165, 1.54) is 0 Å². The summed E-state index contributed by atoms with van der Waals surface area (Å²) in [6.45, 7) is 4.33. The predicted octanol–water partition coefficient (Wildman–Crippen LogP) is 2.54. The minimum absolute atomic E-state index is 0.112. The van der Waals surface area contributed by atoms with Crippen LogP contribution in [0.5, 0.6) is 0 Å². The maximum atomic E-state index is 4.20. The van der Waals surface area contributed by atoms with Crippen LogP contribution in [0.2, 0.25) is 0 Å². The monoisotopic (exact) mass is 172 g/mol. The summed E-state index contributed by atoms with van der Waals surface area (Å²) >= 11 is 0. The Morgan fingerprint density at radius 2 is 1.92 bits per heavy atom. The van der Waals surface area contributed by atoms with Gasteiger partial charge in [0.05, 0.1) is 5.69 Å². The molecule has 0 bridgehead atoms. The minimum atomic E-state index is 0.112. The Bertz CT molecular complexity index is 340. The fraction of sp³-hybridized carbons (Fsp3) is 0.273. The van der Waals surface area contributed by atoms with Gasteiger partial charge in [-0.05, 0) is 6.08 Å². The third-order valence-electron chi connectivity index (χ3n) is 2.14. The molecule has 0 radical (unpaired) electrons. The summed E-state index contributed by atoms with van der Waals surface area (Å²) in [5, 5.41) is 0. The number of hydrogen-bond donors (Lipinski definition) is 0. The molecule has 0 unspecified atom stereocenters. The fourth-order valence-corrected chi connectivity index (χ4v) is 1.27. The first-order chi connectivity index (χ1) is 6.17. The lowest BCUT2D eigenvalue weighted by Crippen LogP contribution is -1.99. The van der Waals surface area contributed by atoms with Gasteiger partial charge in [0.15, 0.2) is 0 Å². The number of allylic oxidation sites excluding steroid dienone is 2. The molecular weight excluding hydrogens is 160 g/mol. The highest BCUT2D eigenvalue weighted by Gasteiger charge is 2.12. The topological polar surface area (TPSA) is 25.8 Å². The normalized spacial score (nSPS) is 18.0. The molecule has 0 saturated heterocycles. The van der Waals surface area contributed by atoms with E-state index in [1.54, 1.807) is 6.33 Å². The SMILES string of the molecule is CC1(C)C=Cc2cncnc2C=C1. The number of aromatic nitrogens is 2. The molecule has 0 atom stereocenters. The molecule has 1 aliphatic carbocycles. The van der Waals surface area contributed by atoms with Crippen LogP contribution in [0.1, 0.15) is 25.1 Å². The lowest BCUT2D eigenvalue weighted by molar-refractivity contribution is 0.633. The van der Waals surface area contributed by atoms with Crippen LogP contribution < -0.4 is 0 Å². The van der Waals surface area contributed by atoms with E-state index in [9.17, 15) is 0 Å². The molecule has 0 N–H and O–H groups in total. The Labute approximate surface area is 78.0 Å². The van der Waals surface area contributed by atoms with Gasteiger partial charge in [0, 0.05) is 17.2 Å². The first-order valence-electron chi connectivity index (χ1n) is 4.36. The van der Waals surface area contributed by atoms with E-state index in [4.69, 9.17) is 0 Å². The predicted molar refractivity (Wildman–Crippen MR) is 53.9 cm³/mol. The van der Waals surface area contributed by atoms with Crippen LogP contribution in [0.15, 0.2) is 24.7 Å². The molecule has 1 aromatic heterocycles. The van der Waals surface area contributed by atoms with Crippen LogP contribution in [0.4, 0.5) is 0 Å². The van der Waals surface area contributed by atoms with Gasteiger partial charge in [-0.1, -0.05) is 32.1 Å². The summed E-state index contributed by atoms with van der Waals surface area (Å²) in [7, 11) is 0. The van der Waals surface area contributed by atoms with Crippen LogP contribution in [0, 0.1) is 5.41 Å². The smallest absolute Gasteiger partial charge is 0.116 e. The molecule has 1 aliphatic rings. The van der Waals surface area contributed by atoms with Crippen molar-refractivity contribution >= 4 is 12.2 Å². The Balaban J connectivity index is 2.53. The van der Waals surface area contributed by atoms with Crippen molar-refractivity contribution in [2.45, 2.75) is 13.8 Å². The van der Waals surface area contributed by atoms with Crippen LogP contribution in [-0.2, 0) is 0 Å². The van der Waals surface area contributed by atoms with Crippen molar-refractivity contribution < 1.29 is 0 Å². The number of hydrogen-bond acceptors (Lipinski definition) is 2. The van der Waals surface area contributed by atoms with Gasteiger partial charge >= 0.3 is 0 Å². The molecule has 0 aliphatic heterocycles. The van der Waals surface area contributed by atoms with Crippen molar-refractivity contribution in [1.82, 2.24) is 9.97 Å². The maximum absolute atomic E-state index is 4.20. The summed E-state index contributed by atoms with van der Waals surface area (Å²) in [5.41, 5.74) is 2.20. The van der Waals surface area contributed by atoms with Gasteiger partial charge in [-0.15, -0.1) is 0 Å². The molecule has 2 heteroatoms. The Hall–Kier alpha value is -1.44.